The Kier molecular flexibility index (Phi) is 5.20. The van der Waals surface area contributed by atoms with Crippen molar-refractivity contribution < 1.29 is 12.8 Å². The summed E-state index contributed by atoms with van der Waals surface area (Å²) in [5.74, 6) is 0.191. The van der Waals surface area contributed by atoms with Crippen molar-refractivity contribution >= 4 is 10.0 Å². The zero-order valence-electron chi connectivity index (χ0n) is 17.0. The number of sulfonamides is 1. The van der Waals surface area contributed by atoms with E-state index in [-0.39, 0.29) is 17.5 Å². The van der Waals surface area contributed by atoms with Gasteiger partial charge in [0.1, 0.15) is 5.82 Å². The Labute approximate surface area is 170 Å². The summed E-state index contributed by atoms with van der Waals surface area (Å²) in [6.45, 7) is 2.17. The Morgan fingerprint density at radius 3 is 2.62 bits per heavy atom. The van der Waals surface area contributed by atoms with Crippen LogP contribution in [0.15, 0.2) is 23.1 Å². The number of aryl methyl sites for hydroxylation is 1. The standard InChI is InChI=1S/C19H27FN6O2S/c1-14-8-9-16(12-17(14)20)29(27,28)25-11-10-19(13-25,24(2)3)18-21-22-23-26(18)15-6-4-5-7-15/h8-9,12,15H,4-7,10-11,13H2,1-3H3/t19-/m0/s1. The first kappa shape index (κ1) is 20.4. The molecule has 2 fully saturated rings. The Balaban J connectivity index is 1.68. The van der Waals surface area contributed by atoms with Gasteiger partial charge in [0.05, 0.1) is 16.5 Å². The predicted molar refractivity (Wildman–Crippen MR) is 105 cm³/mol. The number of halogens is 1. The molecule has 2 aliphatic rings. The van der Waals surface area contributed by atoms with Gasteiger partial charge in [0.2, 0.25) is 10.0 Å². The highest BCUT2D eigenvalue weighted by molar-refractivity contribution is 7.89. The molecular weight excluding hydrogens is 395 g/mol. The van der Waals surface area contributed by atoms with E-state index in [4.69, 9.17) is 0 Å². The van der Waals surface area contributed by atoms with Gasteiger partial charge in [-0.25, -0.2) is 17.5 Å². The lowest BCUT2D eigenvalue weighted by Crippen LogP contribution is -2.47. The van der Waals surface area contributed by atoms with E-state index >= 15 is 0 Å². The van der Waals surface area contributed by atoms with Crippen LogP contribution in [0.1, 0.15) is 49.5 Å². The molecule has 158 valence electrons. The molecule has 0 radical (unpaired) electrons. The van der Waals surface area contributed by atoms with E-state index in [1.165, 1.54) is 16.4 Å². The number of hydrogen-bond acceptors (Lipinski definition) is 6. The maximum absolute atomic E-state index is 14.0. The first-order valence-corrected chi connectivity index (χ1v) is 11.4. The number of nitrogens with zero attached hydrogens (tertiary/aromatic N) is 6. The maximum atomic E-state index is 14.0. The number of likely N-dealkylation sites (N-methyl/N-ethyl adjacent to an activating group) is 1. The SMILES string of the molecule is Cc1ccc(S(=O)(=O)N2CC[C@](c3nnnn3C3CCCC3)(N(C)C)C2)cc1F. The van der Waals surface area contributed by atoms with Crippen LogP contribution in [0.3, 0.4) is 0 Å². The summed E-state index contributed by atoms with van der Waals surface area (Å²) in [5, 5.41) is 12.5. The third kappa shape index (κ3) is 3.36. The highest BCUT2D eigenvalue weighted by Crippen LogP contribution is 2.40. The fourth-order valence-corrected chi connectivity index (χ4v) is 6.00. The van der Waals surface area contributed by atoms with Crippen molar-refractivity contribution in [3.8, 4) is 0 Å². The lowest BCUT2D eigenvalue weighted by molar-refractivity contribution is 0.144. The number of aromatic nitrogens is 4. The Hall–Kier alpha value is -1.91. The van der Waals surface area contributed by atoms with Crippen LogP contribution in [0.25, 0.3) is 0 Å². The molecule has 0 N–H and O–H groups in total. The lowest BCUT2D eigenvalue weighted by Gasteiger charge is -2.35. The van der Waals surface area contributed by atoms with Gasteiger partial charge in [0.25, 0.3) is 0 Å². The van der Waals surface area contributed by atoms with Crippen molar-refractivity contribution in [2.45, 2.75) is 55.5 Å². The molecule has 8 nitrogen and oxygen atoms in total. The van der Waals surface area contributed by atoms with E-state index in [1.54, 1.807) is 6.92 Å². The molecule has 1 saturated heterocycles. The molecule has 1 atom stereocenters. The Morgan fingerprint density at radius 2 is 1.97 bits per heavy atom. The summed E-state index contributed by atoms with van der Waals surface area (Å²) < 4.78 is 43.7. The maximum Gasteiger partial charge on any atom is 0.243 e. The van der Waals surface area contributed by atoms with Crippen molar-refractivity contribution in [2.75, 3.05) is 27.2 Å². The number of hydrogen-bond donors (Lipinski definition) is 0. The van der Waals surface area contributed by atoms with Gasteiger partial charge in [-0.05, 0) is 68.4 Å². The van der Waals surface area contributed by atoms with Gasteiger partial charge >= 0.3 is 0 Å². The fraction of sp³-hybridized carbons (Fsp3) is 0.632. The molecule has 2 aromatic rings. The molecule has 0 spiro atoms. The molecule has 1 aliphatic heterocycles. The van der Waals surface area contributed by atoms with Gasteiger partial charge in [-0.1, -0.05) is 18.9 Å². The van der Waals surface area contributed by atoms with Crippen molar-refractivity contribution in [3.63, 3.8) is 0 Å². The van der Waals surface area contributed by atoms with Crippen LogP contribution in [0.2, 0.25) is 0 Å². The van der Waals surface area contributed by atoms with Gasteiger partial charge < -0.3 is 0 Å². The summed E-state index contributed by atoms with van der Waals surface area (Å²) >= 11 is 0. The fourth-order valence-electron chi connectivity index (χ4n) is 4.49. The zero-order chi connectivity index (χ0) is 20.8. The highest BCUT2D eigenvalue weighted by Gasteiger charge is 2.49. The molecule has 1 aromatic heterocycles. The predicted octanol–water partition coefficient (Wildman–Crippen LogP) is 2.09. The molecule has 1 aromatic carbocycles. The average molecular weight is 423 g/mol. The highest BCUT2D eigenvalue weighted by atomic mass is 32.2. The quantitative estimate of drug-likeness (QED) is 0.734. The third-order valence-electron chi connectivity index (χ3n) is 6.43. The van der Waals surface area contributed by atoms with Gasteiger partial charge in [0.15, 0.2) is 5.82 Å². The number of tetrazole rings is 1. The first-order chi connectivity index (χ1) is 13.8. The van der Waals surface area contributed by atoms with Crippen LogP contribution in [0, 0.1) is 12.7 Å². The third-order valence-corrected chi connectivity index (χ3v) is 8.27. The van der Waals surface area contributed by atoms with Crippen LogP contribution in [0.4, 0.5) is 4.39 Å². The second-order valence-corrected chi connectivity index (χ2v) is 10.2. The molecule has 29 heavy (non-hydrogen) atoms. The average Bonchev–Trinajstić information content (AvgIpc) is 3.43. The minimum atomic E-state index is -3.82. The minimum absolute atomic E-state index is 0.0226. The summed E-state index contributed by atoms with van der Waals surface area (Å²) in [6.07, 6.45) is 4.94. The molecule has 1 saturated carbocycles. The molecule has 0 amide bonds. The van der Waals surface area contributed by atoms with Gasteiger partial charge in [-0.3, -0.25) is 4.90 Å². The number of benzene rings is 1. The van der Waals surface area contributed by atoms with Crippen LogP contribution < -0.4 is 0 Å². The molecule has 0 bridgehead atoms. The molecular formula is C19H27FN6O2S. The van der Waals surface area contributed by atoms with Crippen molar-refractivity contribution in [1.29, 1.82) is 0 Å². The van der Waals surface area contributed by atoms with Crippen molar-refractivity contribution in [2.24, 2.45) is 0 Å². The summed E-state index contributed by atoms with van der Waals surface area (Å²) in [6, 6.07) is 4.32. The minimum Gasteiger partial charge on any atom is -0.296 e. The van der Waals surface area contributed by atoms with Crippen molar-refractivity contribution in [1.82, 2.24) is 29.4 Å². The second-order valence-electron chi connectivity index (χ2n) is 8.31. The monoisotopic (exact) mass is 422 g/mol. The molecule has 1 aliphatic carbocycles. The first-order valence-electron chi connectivity index (χ1n) is 9.98. The van der Waals surface area contributed by atoms with Gasteiger partial charge in [-0.2, -0.15) is 4.31 Å². The van der Waals surface area contributed by atoms with Crippen molar-refractivity contribution in [3.05, 3.63) is 35.4 Å². The molecule has 4 rings (SSSR count). The Morgan fingerprint density at radius 1 is 1.24 bits per heavy atom. The lowest BCUT2D eigenvalue weighted by atomic mass is 9.95. The largest absolute Gasteiger partial charge is 0.296 e. The number of rotatable bonds is 5. The Bertz CT molecular complexity index is 1000. The molecule has 10 heteroatoms. The van der Waals surface area contributed by atoms with Gasteiger partial charge in [-0.15, -0.1) is 5.10 Å². The van der Waals surface area contributed by atoms with Crippen LogP contribution in [-0.2, 0) is 15.6 Å². The smallest absolute Gasteiger partial charge is 0.243 e. The second kappa shape index (κ2) is 7.41. The summed E-state index contributed by atoms with van der Waals surface area (Å²) in [7, 11) is 0.0352. The topological polar surface area (TPSA) is 84.2 Å². The molecule has 0 unspecified atom stereocenters. The van der Waals surface area contributed by atoms with E-state index in [9.17, 15) is 12.8 Å². The normalized spacial score (nSPS) is 24.0. The van der Waals surface area contributed by atoms with E-state index in [1.807, 2.05) is 23.7 Å². The van der Waals surface area contributed by atoms with Crippen LogP contribution >= 0.6 is 0 Å². The van der Waals surface area contributed by atoms with E-state index < -0.39 is 21.4 Å². The zero-order valence-corrected chi connectivity index (χ0v) is 17.9. The van der Waals surface area contributed by atoms with Gasteiger partial charge in [0, 0.05) is 13.1 Å². The van der Waals surface area contributed by atoms with Crippen LogP contribution in [-0.4, -0.2) is 65.0 Å². The molecule has 2 heterocycles. The van der Waals surface area contributed by atoms with E-state index in [0.29, 0.717) is 24.4 Å². The summed E-state index contributed by atoms with van der Waals surface area (Å²) in [4.78, 5) is 1.99. The summed E-state index contributed by atoms with van der Waals surface area (Å²) in [5.41, 5.74) is -0.202. The van der Waals surface area contributed by atoms with E-state index in [0.717, 1.165) is 31.7 Å². The van der Waals surface area contributed by atoms with Crippen LogP contribution in [0.5, 0.6) is 0 Å². The van der Waals surface area contributed by atoms with E-state index in [2.05, 4.69) is 15.5 Å².